The maximum atomic E-state index is 9.88. The highest BCUT2D eigenvalue weighted by atomic mass is 16.5. The van der Waals surface area contributed by atoms with Crippen molar-refractivity contribution >= 4 is 0 Å². The largest absolute Gasteiger partial charge is 0.497 e. The van der Waals surface area contributed by atoms with Gasteiger partial charge in [0.05, 0.1) is 20.3 Å². The summed E-state index contributed by atoms with van der Waals surface area (Å²) in [5, 5.41) is 27.7. The quantitative estimate of drug-likeness (QED) is 0.548. The van der Waals surface area contributed by atoms with Crippen LogP contribution in [0.25, 0.3) is 0 Å². The Hall–Kier alpha value is -1.34. The molecule has 20 heavy (non-hydrogen) atoms. The summed E-state index contributed by atoms with van der Waals surface area (Å²) in [7, 11) is 1.59. The lowest BCUT2D eigenvalue weighted by molar-refractivity contribution is 0.0552. The van der Waals surface area contributed by atoms with Crippen molar-refractivity contribution in [2.45, 2.75) is 6.10 Å². The lowest BCUT2D eigenvalue weighted by atomic mass is 10.3. The molecule has 1 atom stereocenters. The lowest BCUT2D eigenvalue weighted by Crippen LogP contribution is -2.38. The predicted octanol–water partition coefficient (Wildman–Crippen LogP) is -0.278. The van der Waals surface area contributed by atoms with E-state index in [0.29, 0.717) is 25.4 Å². The van der Waals surface area contributed by atoms with E-state index in [1.807, 2.05) is 0 Å². The molecule has 3 N–H and O–H groups in total. The van der Waals surface area contributed by atoms with Crippen molar-refractivity contribution in [1.82, 2.24) is 4.90 Å². The molecule has 0 bridgehead atoms. The van der Waals surface area contributed by atoms with Crippen LogP contribution in [0.4, 0.5) is 0 Å². The van der Waals surface area contributed by atoms with Crippen LogP contribution in [0.1, 0.15) is 0 Å². The zero-order valence-electron chi connectivity index (χ0n) is 11.7. The Morgan fingerprint density at radius 2 is 1.60 bits per heavy atom. The first kappa shape index (κ1) is 16.7. The summed E-state index contributed by atoms with van der Waals surface area (Å²) < 4.78 is 10.5. The minimum atomic E-state index is -0.685. The Bertz CT molecular complexity index is 351. The van der Waals surface area contributed by atoms with Crippen molar-refractivity contribution in [3.05, 3.63) is 24.3 Å². The highest BCUT2D eigenvalue weighted by Gasteiger charge is 2.11. The van der Waals surface area contributed by atoms with Crippen LogP contribution >= 0.6 is 0 Å². The summed E-state index contributed by atoms with van der Waals surface area (Å²) in [6.45, 7) is 1.31. The molecule has 0 aliphatic heterocycles. The normalized spacial score (nSPS) is 12.4. The van der Waals surface area contributed by atoms with Crippen LogP contribution in [0, 0.1) is 0 Å². The molecular formula is C14H23NO5. The highest BCUT2D eigenvalue weighted by Crippen LogP contribution is 2.17. The van der Waals surface area contributed by atoms with Gasteiger partial charge < -0.3 is 24.8 Å². The molecule has 0 amide bonds. The molecular weight excluding hydrogens is 262 g/mol. The Morgan fingerprint density at radius 1 is 1.05 bits per heavy atom. The molecule has 1 aromatic carbocycles. The molecule has 114 valence electrons. The summed E-state index contributed by atoms with van der Waals surface area (Å²) in [5.41, 5.74) is 0. The third kappa shape index (κ3) is 6.21. The number of aliphatic hydroxyl groups is 3. The summed E-state index contributed by atoms with van der Waals surface area (Å²) in [6, 6.07) is 7.10. The maximum absolute atomic E-state index is 9.88. The molecule has 6 heteroatoms. The fourth-order valence-corrected chi connectivity index (χ4v) is 1.79. The number of methoxy groups -OCH3 is 1. The molecule has 0 saturated carbocycles. The van der Waals surface area contributed by atoms with E-state index in [4.69, 9.17) is 19.7 Å². The van der Waals surface area contributed by atoms with E-state index < -0.39 is 6.10 Å². The van der Waals surface area contributed by atoms with Crippen molar-refractivity contribution in [3.8, 4) is 11.5 Å². The smallest absolute Gasteiger partial charge is 0.119 e. The monoisotopic (exact) mass is 285 g/mol. The summed E-state index contributed by atoms with van der Waals surface area (Å²) in [4.78, 5) is 1.78. The van der Waals surface area contributed by atoms with Crippen LogP contribution in [-0.2, 0) is 0 Å². The summed E-state index contributed by atoms with van der Waals surface area (Å²) in [5.74, 6) is 1.40. The van der Waals surface area contributed by atoms with Crippen molar-refractivity contribution in [2.75, 3.05) is 46.6 Å². The number of aliphatic hydroxyl groups excluding tert-OH is 3. The summed E-state index contributed by atoms with van der Waals surface area (Å²) in [6.07, 6.45) is -0.685. The number of hydrogen-bond donors (Lipinski definition) is 3. The Labute approximate surface area is 119 Å². The van der Waals surface area contributed by atoms with Gasteiger partial charge in [-0.3, -0.25) is 4.90 Å². The fraction of sp³-hybridized carbons (Fsp3) is 0.571. The third-order valence-corrected chi connectivity index (χ3v) is 2.80. The Balaban J connectivity index is 2.35. The number of benzene rings is 1. The third-order valence-electron chi connectivity index (χ3n) is 2.80. The lowest BCUT2D eigenvalue weighted by Gasteiger charge is -2.23. The van der Waals surface area contributed by atoms with Gasteiger partial charge >= 0.3 is 0 Å². The van der Waals surface area contributed by atoms with Gasteiger partial charge in [-0.05, 0) is 24.3 Å². The van der Waals surface area contributed by atoms with E-state index in [2.05, 4.69) is 0 Å². The summed E-state index contributed by atoms with van der Waals surface area (Å²) >= 11 is 0. The minimum absolute atomic E-state index is 0.00788. The maximum Gasteiger partial charge on any atom is 0.119 e. The molecule has 0 aliphatic carbocycles. The minimum Gasteiger partial charge on any atom is -0.497 e. The van der Waals surface area contributed by atoms with Gasteiger partial charge in [0, 0.05) is 19.6 Å². The van der Waals surface area contributed by atoms with Crippen LogP contribution < -0.4 is 9.47 Å². The van der Waals surface area contributed by atoms with E-state index in [0.717, 1.165) is 5.75 Å². The zero-order valence-corrected chi connectivity index (χ0v) is 11.7. The second-order valence-electron chi connectivity index (χ2n) is 4.39. The Morgan fingerprint density at radius 3 is 2.10 bits per heavy atom. The van der Waals surface area contributed by atoms with Gasteiger partial charge in [-0.1, -0.05) is 0 Å². The number of ether oxygens (including phenoxy) is 2. The van der Waals surface area contributed by atoms with E-state index in [9.17, 15) is 5.11 Å². The van der Waals surface area contributed by atoms with E-state index >= 15 is 0 Å². The van der Waals surface area contributed by atoms with Gasteiger partial charge in [-0.25, -0.2) is 0 Å². The van der Waals surface area contributed by atoms with Crippen LogP contribution in [0.3, 0.4) is 0 Å². The van der Waals surface area contributed by atoms with E-state index in [-0.39, 0.29) is 19.8 Å². The second kappa shape index (κ2) is 9.55. The average molecular weight is 285 g/mol. The van der Waals surface area contributed by atoms with E-state index in [1.54, 1.807) is 36.3 Å². The van der Waals surface area contributed by atoms with Crippen molar-refractivity contribution < 1.29 is 24.8 Å². The van der Waals surface area contributed by atoms with Gasteiger partial charge in [-0.2, -0.15) is 0 Å². The second-order valence-corrected chi connectivity index (χ2v) is 4.39. The van der Waals surface area contributed by atoms with Crippen LogP contribution in [-0.4, -0.2) is 72.9 Å². The van der Waals surface area contributed by atoms with E-state index in [1.165, 1.54) is 0 Å². The standard InChI is InChI=1S/C14H23NO5/c1-19-13-2-4-14(5-3-13)20-11-12(18)10-15(6-8-16)7-9-17/h2-5,12,16-18H,6-11H2,1H3. The molecule has 6 nitrogen and oxygen atoms in total. The first-order valence-corrected chi connectivity index (χ1v) is 6.58. The fourth-order valence-electron chi connectivity index (χ4n) is 1.79. The highest BCUT2D eigenvalue weighted by molar-refractivity contribution is 5.31. The average Bonchev–Trinajstić information content (AvgIpc) is 2.46. The van der Waals surface area contributed by atoms with Gasteiger partial charge in [0.1, 0.15) is 24.2 Å². The Kier molecular flexibility index (Phi) is 7.98. The molecule has 0 fully saturated rings. The number of rotatable bonds is 10. The van der Waals surface area contributed by atoms with Crippen LogP contribution in [0.2, 0.25) is 0 Å². The molecule has 0 radical (unpaired) electrons. The molecule has 0 aliphatic rings. The molecule has 1 rings (SSSR count). The molecule has 0 aromatic heterocycles. The molecule has 0 heterocycles. The van der Waals surface area contributed by atoms with Crippen LogP contribution in [0.5, 0.6) is 11.5 Å². The van der Waals surface area contributed by atoms with Crippen molar-refractivity contribution in [2.24, 2.45) is 0 Å². The van der Waals surface area contributed by atoms with Gasteiger partial charge in [0.2, 0.25) is 0 Å². The molecule has 0 spiro atoms. The first-order valence-electron chi connectivity index (χ1n) is 6.58. The predicted molar refractivity (Wildman–Crippen MR) is 75.1 cm³/mol. The SMILES string of the molecule is COc1ccc(OCC(O)CN(CCO)CCO)cc1. The topological polar surface area (TPSA) is 82.4 Å². The van der Waals surface area contributed by atoms with Gasteiger partial charge in [-0.15, -0.1) is 0 Å². The van der Waals surface area contributed by atoms with Crippen LogP contribution in [0.15, 0.2) is 24.3 Å². The zero-order chi connectivity index (χ0) is 14.8. The molecule has 0 saturated heterocycles. The van der Waals surface area contributed by atoms with Gasteiger partial charge in [0.15, 0.2) is 0 Å². The van der Waals surface area contributed by atoms with Crippen molar-refractivity contribution in [1.29, 1.82) is 0 Å². The number of hydrogen-bond acceptors (Lipinski definition) is 6. The van der Waals surface area contributed by atoms with Gasteiger partial charge in [0.25, 0.3) is 0 Å². The number of nitrogens with zero attached hydrogens (tertiary/aromatic N) is 1. The molecule has 1 aromatic rings. The van der Waals surface area contributed by atoms with Crippen molar-refractivity contribution in [3.63, 3.8) is 0 Å². The molecule has 1 unspecified atom stereocenters. The first-order chi connectivity index (χ1) is 9.69.